The second-order valence-electron chi connectivity index (χ2n) is 2.77. The van der Waals surface area contributed by atoms with Crippen LogP contribution in [0.4, 0.5) is 13.2 Å². The predicted octanol–water partition coefficient (Wildman–Crippen LogP) is 3.62. The van der Waals surface area contributed by atoms with Crippen molar-refractivity contribution in [3.63, 3.8) is 0 Å². The largest absolute Gasteiger partial charge is 0.402 e. The summed E-state index contributed by atoms with van der Waals surface area (Å²) in [5, 5.41) is 0. The SMILES string of the molecule is CCCC(C)CPC(F)(F)F. The maximum absolute atomic E-state index is 11.7. The summed E-state index contributed by atoms with van der Waals surface area (Å²) in [6, 6.07) is 0. The van der Waals surface area contributed by atoms with Crippen molar-refractivity contribution in [3.8, 4) is 0 Å². The molecule has 4 heteroatoms. The van der Waals surface area contributed by atoms with Gasteiger partial charge in [-0.2, -0.15) is 13.2 Å². The Morgan fingerprint density at radius 1 is 1.36 bits per heavy atom. The molecule has 0 nitrogen and oxygen atoms in total. The fraction of sp³-hybridized carbons (Fsp3) is 1.00. The van der Waals surface area contributed by atoms with E-state index in [2.05, 4.69) is 0 Å². The number of hydrogen-bond acceptors (Lipinski definition) is 0. The van der Waals surface area contributed by atoms with Gasteiger partial charge in [0.15, 0.2) is 0 Å². The number of halogens is 3. The molecule has 0 aliphatic carbocycles. The molecular weight excluding hydrogens is 172 g/mol. The van der Waals surface area contributed by atoms with Gasteiger partial charge in [-0.25, -0.2) is 0 Å². The Balaban J connectivity index is 3.38. The molecule has 11 heavy (non-hydrogen) atoms. The van der Waals surface area contributed by atoms with Crippen LogP contribution in [-0.2, 0) is 0 Å². The minimum atomic E-state index is -3.94. The molecule has 2 unspecified atom stereocenters. The van der Waals surface area contributed by atoms with Crippen LogP contribution in [0, 0.1) is 5.92 Å². The van der Waals surface area contributed by atoms with Crippen molar-refractivity contribution in [1.29, 1.82) is 0 Å². The molecule has 0 rings (SSSR count). The summed E-state index contributed by atoms with van der Waals surface area (Å²) in [7, 11) is -0.868. The third kappa shape index (κ3) is 8.12. The second-order valence-corrected chi connectivity index (χ2v) is 4.10. The molecule has 0 amide bonds. The fourth-order valence-corrected chi connectivity index (χ4v) is 1.67. The third-order valence-corrected chi connectivity index (χ3v) is 2.73. The lowest BCUT2D eigenvalue weighted by Crippen LogP contribution is -2.04. The highest BCUT2D eigenvalue weighted by Gasteiger charge is 2.26. The van der Waals surface area contributed by atoms with Gasteiger partial charge in [0.2, 0.25) is 0 Å². The van der Waals surface area contributed by atoms with E-state index in [0.717, 1.165) is 12.8 Å². The van der Waals surface area contributed by atoms with Crippen LogP contribution in [0.2, 0.25) is 0 Å². The molecule has 0 aliphatic rings. The number of rotatable bonds is 4. The maximum Gasteiger partial charge on any atom is 0.402 e. The van der Waals surface area contributed by atoms with E-state index in [4.69, 9.17) is 0 Å². The first-order chi connectivity index (χ1) is 4.95. The van der Waals surface area contributed by atoms with Gasteiger partial charge in [0.1, 0.15) is 0 Å². The summed E-state index contributed by atoms with van der Waals surface area (Å²) in [4.78, 5) is 0. The molecule has 0 aliphatic heterocycles. The van der Waals surface area contributed by atoms with Crippen molar-refractivity contribution >= 4 is 8.58 Å². The standard InChI is InChI=1S/C7H14F3P/c1-3-4-6(2)5-11-7(8,9)10/h6,11H,3-5H2,1-2H3. The lowest BCUT2D eigenvalue weighted by Gasteiger charge is -2.11. The maximum atomic E-state index is 11.7. The van der Waals surface area contributed by atoms with E-state index in [0.29, 0.717) is 6.16 Å². The predicted molar refractivity (Wildman–Crippen MR) is 43.3 cm³/mol. The first kappa shape index (κ1) is 11.2. The van der Waals surface area contributed by atoms with Crippen LogP contribution in [0.15, 0.2) is 0 Å². The highest BCUT2D eigenvalue weighted by molar-refractivity contribution is 7.39. The first-order valence-electron chi connectivity index (χ1n) is 3.77. The first-order valence-corrected chi connectivity index (χ1v) is 4.98. The molecule has 0 N–H and O–H groups in total. The molecule has 0 bridgehead atoms. The summed E-state index contributed by atoms with van der Waals surface area (Å²) in [5.41, 5.74) is 0. The molecule has 0 aromatic carbocycles. The molecule has 0 fully saturated rings. The zero-order valence-corrected chi connectivity index (χ0v) is 7.83. The van der Waals surface area contributed by atoms with Crippen molar-refractivity contribution in [2.45, 2.75) is 32.6 Å². The van der Waals surface area contributed by atoms with Crippen LogP contribution in [0.3, 0.4) is 0 Å². The van der Waals surface area contributed by atoms with Crippen LogP contribution < -0.4 is 0 Å². The van der Waals surface area contributed by atoms with E-state index in [1.54, 1.807) is 0 Å². The van der Waals surface area contributed by atoms with Gasteiger partial charge in [-0.1, -0.05) is 26.7 Å². The topological polar surface area (TPSA) is 0 Å². The van der Waals surface area contributed by atoms with Gasteiger partial charge in [-0.3, -0.25) is 0 Å². The zero-order chi connectivity index (χ0) is 8.91. The Hall–Kier alpha value is 0.220. The van der Waals surface area contributed by atoms with Crippen LogP contribution in [0.5, 0.6) is 0 Å². The van der Waals surface area contributed by atoms with Crippen molar-refractivity contribution < 1.29 is 13.2 Å². The number of hydrogen-bond donors (Lipinski definition) is 0. The molecule has 0 heterocycles. The van der Waals surface area contributed by atoms with Gasteiger partial charge in [-0.05, 0) is 20.7 Å². The molecule has 0 aromatic heterocycles. The van der Waals surface area contributed by atoms with Gasteiger partial charge in [0, 0.05) is 0 Å². The van der Waals surface area contributed by atoms with Gasteiger partial charge < -0.3 is 0 Å². The summed E-state index contributed by atoms with van der Waals surface area (Å²) < 4.78 is 35.0. The molecule has 0 spiro atoms. The molecule has 0 saturated carbocycles. The van der Waals surface area contributed by atoms with Crippen molar-refractivity contribution in [2.24, 2.45) is 5.92 Å². The van der Waals surface area contributed by atoms with E-state index >= 15 is 0 Å². The van der Waals surface area contributed by atoms with Crippen LogP contribution in [0.25, 0.3) is 0 Å². The molecule has 68 valence electrons. The molecule has 0 radical (unpaired) electrons. The lowest BCUT2D eigenvalue weighted by molar-refractivity contribution is -0.0373. The smallest absolute Gasteiger partial charge is 0.167 e. The normalized spacial score (nSPS) is 16.1. The van der Waals surface area contributed by atoms with Gasteiger partial charge in [-0.15, -0.1) is 0 Å². The van der Waals surface area contributed by atoms with E-state index in [9.17, 15) is 13.2 Å². The van der Waals surface area contributed by atoms with Gasteiger partial charge >= 0.3 is 5.92 Å². The van der Waals surface area contributed by atoms with Crippen LogP contribution in [-0.4, -0.2) is 12.1 Å². The van der Waals surface area contributed by atoms with Gasteiger partial charge in [0.05, 0.1) is 0 Å². The van der Waals surface area contributed by atoms with Crippen LogP contribution in [0.1, 0.15) is 26.7 Å². The molecule has 2 atom stereocenters. The Bertz CT molecular complexity index is 100. The minimum Gasteiger partial charge on any atom is -0.167 e. The Labute approximate surface area is 67.3 Å². The van der Waals surface area contributed by atoms with Crippen molar-refractivity contribution in [1.82, 2.24) is 0 Å². The lowest BCUT2D eigenvalue weighted by atomic mass is 10.1. The quantitative estimate of drug-likeness (QED) is 0.588. The highest BCUT2D eigenvalue weighted by Crippen LogP contribution is 2.38. The van der Waals surface area contributed by atoms with E-state index in [1.807, 2.05) is 13.8 Å². The summed E-state index contributed by atoms with van der Waals surface area (Å²) in [6.45, 7) is 3.87. The summed E-state index contributed by atoms with van der Waals surface area (Å²) in [5.74, 6) is -3.72. The average Bonchev–Trinajstić information content (AvgIpc) is 1.83. The van der Waals surface area contributed by atoms with E-state index < -0.39 is 14.5 Å². The Kier molecular flexibility index (Phi) is 5.07. The van der Waals surface area contributed by atoms with Crippen molar-refractivity contribution in [2.75, 3.05) is 6.16 Å². The average molecular weight is 186 g/mol. The zero-order valence-electron chi connectivity index (χ0n) is 6.83. The summed E-state index contributed by atoms with van der Waals surface area (Å²) in [6.07, 6.45) is 2.18. The van der Waals surface area contributed by atoms with E-state index in [1.165, 1.54) is 0 Å². The number of alkyl halides is 3. The molecular formula is C7H14F3P. The second kappa shape index (κ2) is 4.97. The monoisotopic (exact) mass is 186 g/mol. The Morgan fingerprint density at radius 2 is 1.91 bits per heavy atom. The van der Waals surface area contributed by atoms with E-state index in [-0.39, 0.29) is 5.92 Å². The highest BCUT2D eigenvalue weighted by atomic mass is 31.1. The Morgan fingerprint density at radius 3 is 2.27 bits per heavy atom. The fourth-order valence-electron chi connectivity index (χ4n) is 0.885. The van der Waals surface area contributed by atoms with Crippen LogP contribution >= 0.6 is 8.58 Å². The molecule has 0 aromatic rings. The third-order valence-electron chi connectivity index (χ3n) is 1.43. The summed E-state index contributed by atoms with van der Waals surface area (Å²) >= 11 is 0. The minimum absolute atomic E-state index is 0.222. The van der Waals surface area contributed by atoms with Gasteiger partial charge in [0.25, 0.3) is 0 Å². The van der Waals surface area contributed by atoms with Crippen molar-refractivity contribution in [3.05, 3.63) is 0 Å². The molecule has 0 saturated heterocycles.